The largest absolute Gasteiger partial charge is 0.480 e. The summed E-state index contributed by atoms with van der Waals surface area (Å²) in [5.41, 5.74) is 5.24. The summed E-state index contributed by atoms with van der Waals surface area (Å²) in [6, 6.07) is -0.681. The molecular formula is C6H12BrNO2. The van der Waals surface area contributed by atoms with Crippen LogP contribution in [0.3, 0.4) is 0 Å². The maximum absolute atomic E-state index is 10.2. The zero-order valence-corrected chi connectivity index (χ0v) is 7.30. The predicted molar refractivity (Wildman–Crippen MR) is 43.3 cm³/mol. The van der Waals surface area contributed by atoms with Gasteiger partial charge in [-0.2, -0.15) is 0 Å². The second-order valence-electron chi connectivity index (χ2n) is 2.13. The van der Waals surface area contributed by atoms with Crippen molar-refractivity contribution in [3.63, 3.8) is 0 Å². The number of carbonyl (C=O) groups is 1. The van der Waals surface area contributed by atoms with Gasteiger partial charge in [-0.05, 0) is 12.8 Å². The van der Waals surface area contributed by atoms with Crippen molar-refractivity contribution in [3.8, 4) is 0 Å². The zero-order valence-electron chi connectivity index (χ0n) is 5.72. The molecule has 0 amide bonds. The Balaban J connectivity index is 3.21. The van der Waals surface area contributed by atoms with E-state index in [0.717, 1.165) is 18.2 Å². The van der Waals surface area contributed by atoms with Crippen molar-refractivity contribution in [1.82, 2.24) is 0 Å². The van der Waals surface area contributed by atoms with Gasteiger partial charge in [0, 0.05) is 5.33 Å². The van der Waals surface area contributed by atoms with Crippen LogP contribution in [0, 0.1) is 0 Å². The number of nitrogens with two attached hydrogens (primary N) is 1. The third kappa shape index (κ3) is 4.76. The summed E-state index contributed by atoms with van der Waals surface area (Å²) in [5.74, 6) is -0.908. The van der Waals surface area contributed by atoms with E-state index in [9.17, 15) is 4.79 Å². The average Bonchev–Trinajstić information content (AvgIpc) is 1.88. The Labute approximate surface area is 68.7 Å². The molecule has 0 aromatic heterocycles. The van der Waals surface area contributed by atoms with Crippen LogP contribution in [-0.4, -0.2) is 22.4 Å². The molecule has 0 rings (SSSR count). The van der Waals surface area contributed by atoms with E-state index in [-0.39, 0.29) is 0 Å². The van der Waals surface area contributed by atoms with E-state index in [1.54, 1.807) is 0 Å². The fourth-order valence-corrected chi connectivity index (χ4v) is 0.979. The first-order valence-electron chi connectivity index (χ1n) is 3.23. The van der Waals surface area contributed by atoms with Crippen LogP contribution in [0.4, 0.5) is 0 Å². The molecule has 3 N–H and O–H groups in total. The van der Waals surface area contributed by atoms with E-state index in [4.69, 9.17) is 10.8 Å². The Morgan fingerprint density at radius 3 is 2.60 bits per heavy atom. The van der Waals surface area contributed by atoms with Gasteiger partial charge in [0.25, 0.3) is 0 Å². The second-order valence-corrected chi connectivity index (χ2v) is 2.92. The van der Waals surface area contributed by atoms with Crippen molar-refractivity contribution in [3.05, 3.63) is 0 Å². The Kier molecular flexibility index (Phi) is 5.63. The van der Waals surface area contributed by atoms with Crippen LogP contribution in [0.25, 0.3) is 0 Å². The molecule has 1 atom stereocenters. The van der Waals surface area contributed by atoms with Gasteiger partial charge in [-0.15, -0.1) is 0 Å². The summed E-state index contributed by atoms with van der Waals surface area (Å²) in [4.78, 5) is 10.2. The molecule has 0 aliphatic rings. The minimum atomic E-state index is -0.908. The predicted octanol–water partition coefficient (Wildman–Crippen LogP) is 0.964. The van der Waals surface area contributed by atoms with E-state index in [1.807, 2.05) is 0 Å². The maximum atomic E-state index is 10.2. The monoisotopic (exact) mass is 209 g/mol. The lowest BCUT2D eigenvalue weighted by molar-refractivity contribution is -0.138. The van der Waals surface area contributed by atoms with Crippen molar-refractivity contribution in [1.29, 1.82) is 0 Å². The molecule has 0 aliphatic heterocycles. The van der Waals surface area contributed by atoms with E-state index < -0.39 is 12.0 Å². The summed E-state index contributed by atoms with van der Waals surface area (Å²) in [6.45, 7) is 0. The van der Waals surface area contributed by atoms with E-state index in [1.165, 1.54) is 0 Å². The summed E-state index contributed by atoms with van der Waals surface area (Å²) in [7, 11) is 0. The van der Waals surface area contributed by atoms with Crippen molar-refractivity contribution in [2.24, 2.45) is 5.73 Å². The highest BCUT2D eigenvalue weighted by atomic mass is 79.9. The van der Waals surface area contributed by atoms with Crippen molar-refractivity contribution in [2.75, 3.05) is 5.33 Å². The third-order valence-electron chi connectivity index (χ3n) is 1.22. The van der Waals surface area contributed by atoms with Gasteiger partial charge in [0.2, 0.25) is 0 Å². The van der Waals surface area contributed by atoms with Crippen molar-refractivity contribution in [2.45, 2.75) is 25.3 Å². The Hall–Kier alpha value is -0.0900. The average molecular weight is 210 g/mol. The quantitative estimate of drug-likeness (QED) is 0.524. The van der Waals surface area contributed by atoms with Crippen molar-refractivity contribution >= 4 is 21.9 Å². The molecular weight excluding hydrogens is 198 g/mol. The highest BCUT2D eigenvalue weighted by Gasteiger charge is 2.09. The Morgan fingerprint density at radius 2 is 2.20 bits per heavy atom. The first kappa shape index (κ1) is 9.91. The topological polar surface area (TPSA) is 63.3 Å². The molecule has 0 saturated carbocycles. The lowest BCUT2D eigenvalue weighted by Crippen LogP contribution is -2.29. The number of carboxylic acids is 1. The van der Waals surface area contributed by atoms with E-state index >= 15 is 0 Å². The van der Waals surface area contributed by atoms with E-state index in [2.05, 4.69) is 15.9 Å². The fraction of sp³-hybridized carbons (Fsp3) is 0.833. The first-order chi connectivity index (χ1) is 4.68. The van der Waals surface area contributed by atoms with Crippen molar-refractivity contribution < 1.29 is 9.90 Å². The Morgan fingerprint density at radius 1 is 1.60 bits per heavy atom. The lowest BCUT2D eigenvalue weighted by atomic mass is 10.1. The van der Waals surface area contributed by atoms with Gasteiger partial charge in [0.05, 0.1) is 0 Å². The van der Waals surface area contributed by atoms with Crippen LogP contribution in [0.5, 0.6) is 0 Å². The number of rotatable bonds is 5. The smallest absolute Gasteiger partial charge is 0.320 e. The van der Waals surface area contributed by atoms with Gasteiger partial charge in [0.1, 0.15) is 6.04 Å². The molecule has 0 saturated heterocycles. The number of aliphatic carboxylic acids is 1. The summed E-state index contributed by atoms with van der Waals surface area (Å²) < 4.78 is 0. The highest BCUT2D eigenvalue weighted by molar-refractivity contribution is 9.09. The molecule has 0 aromatic carbocycles. The van der Waals surface area contributed by atoms with Crippen LogP contribution in [-0.2, 0) is 4.79 Å². The molecule has 3 nitrogen and oxygen atoms in total. The normalized spacial score (nSPS) is 13.0. The maximum Gasteiger partial charge on any atom is 0.320 e. The standard InChI is InChI=1S/C6H12BrNO2/c7-4-2-1-3-5(8)6(9)10/h5H,1-4,8H2,(H,9,10). The number of halogens is 1. The SMILES string of the molecule is NC(CCCCBr)C(=O)O. The number of hydrogen-bond acceptors (Lipinski definition) is 2. The number of hydrogen-bond donors (Lipinski definition) is 2. The second kappa shape index (κ2) is 5.68. The number of alkyl halides is 1. The van der Waals surface area contributed by atoms with Crippen LogP contribution >= 0.6 is 15.9 Å². The van der Waals surface area contributed by atoms with Crippen LogP contribution in [0.15, 0.2) is 0 Å². The molecule has 1 unspecified atom stereocenters. The van der Waals surface area contributed by atoms with Gasteiger partial charge in [-0.1, -0.05) is 22.4 Å². The molecule has 0 aromatic rings. The third-order valence-corrected chi connectivity index (χ3v) is 1.78. The fourth-order valence-electron chi connectivity index (χ4n) is 0.582. The van der Waals surface area contributed by atoms with Crippen LogP contribution in [0.1, 0.15) is 19.3 Å². The van der Waals surface area contributed by atoms with Crippen LogP contribution in [0.2, 0.25) is 0 Å². The van der Waals surface area contributed by atoms with Gasteiger partial charge >= 0.3 is 5.97 Å². The summed E-state index contributed by atoms with van der Waals surface area (Å²) >= 11 is 3.25. The minimum Gasteiger partial charge on any atom is -0.480 e. The zero-order chi connectivity index (χ0) is 7.98. The summed E-state index contributed by atoms with van der Waals surface area (Å²) in [5, 5.41) is 9.26. The van der Waals surface area contributed by atoms with Gasteiger partial charge < -0.3 is 10.8 Å². The lowest BCUT2D eigenvalue weighted by Gasteiger charge is -2.03. The molecule has 0 heterocycles. The minimum absolute atomic E-state index is 0.570. The van der Waals surface area contributed by atoms with Gasteiger partial charge in [-0.3, -0.25) is 4.79 Å². The molecule has 0 radical (unpaired) electrons. The molecule has 0 spiro atoms. The first-order valence-corrected chi connectivity index (χ1v) is 4.35. The molecule has 0 aliphatic carbocycles. The van der Waals surface area contributed by atoms with Gasteiger partial charge in [-0.25, -0.2) is 0 Å². The van der Waals surface area contributed by atoms with Gasteiger partial charge in [0.15, 0.2) is 0 Å². The van der Waals surface area contributed by atoms with E-state index in [0.29, 0.717) is 6.42 Å². The molecule has 4 heteroatoms. The molecule has 10 heavy (non-hydrogen) atoms. The molecule has 0 bridgehead atoms. The van der Waals surface area contributed by atoms with Crippen LogP contribution < -0.4 is 5.73 Å². The highest BCUT2D eigenvalue weighted by Crippen LogP contribution is 2.00. The Bertz CT molecular complexity index is 108. The molecule has 60 valence electrons. The number of carboxylic acid groups (broad SMARTS) is 1. The molecule has 0 fully saturated rings. The summed E-state index contributed by atoms with van der Waals surface area (Å²) in [6.07, 6.45) is 2.43. The number of unbranched alkanes of at least 4 members (excludes halogenated alkanes) is 1.